The second-order valence-electron chi connectivity index (χ2n) is 4.29. The molecule has 110 valence electrons. The molecule has 1 aromatic heterocycles. The van der Waals surface area contributed by atoms with E-state index in [0.29, 0.717) is 16.3 Å². The van der Waals surface area contributed by atoms with E-state index < -0.39 is 12.6 Å². The first-order chi connectivity index (χ1) is 10.1. The van der Waals surface area contributed by atoms with Gasteiger partial charge in [0.15, 0.2) is 6.61 Å². The summed E-state index contributed by atoms with van der Waals surface area (Å²) in [6, 6.07) is 8.60. The topological polar surface area (TPSA) is 75.6 Å². The number of anilines is 1. The van der Waals surface area contributed by atoms with Crippen molar-refractivity contribution in [3.05, 3.63) is 46.2 Å². The normalized spacial score (nSPS) is 10.1. The summed E-state index contributed by atoms with van der Waals surface area (Å²) in [6.07, 6.45) is 0.800. The van der Waals surface area contributed by atoms with Crippen LogP contribution in [0, 0.1) is 0 Å². The van der Waals surface area contributed by atoms with Gasteiger partial charge in [0.1, 0.15) is 5.75 Å². The monoisotopic (exact) mass is 305 g/mol. The number of benzene rings is 1. The Bertz CT molecular complexity index is 651. The number of hydrogen-bond donors (Lipinski definition) is 2. The lowest BCUT2D eigenvalue weighted by molar-refractivity contribution is -0.139. The summed E-state index contributed by atoms with van der Waals surface area (Å²) >= 11 is 1.40. The quantitative estimate of drug-likeness (QED) is 0.860. The number of ether oxygens (including phenoxy) is 1. The zero-order chi connectivity index (χ0) is 15.2. The molecule has 0 saturated heterocycles. The minimum absolute atomic E-state index is 0.169. The van der Waals surface area contributed by atoms with E-state index in [4.69, 9.17) is 9.84 Å². The molecule has 21 heavy (non-hydrogen) atoms. The van der Waals surface area contributed by atoms with E-state index in [2.05, 4.69) is 5.32 Å². The van der Waals surface area contributed by atoms with Crippen molar-refractivity contribution >= 4 is 28.9 Å². The van der Waals surface area contributed by atoms with Gasteiger partial charge in [-0.1, -0.05) is 13.0 Å². The maximum Gasteiger partial charge on any atom is 0.341 e. The van der Waals surface area contributed by atoms with Crippen molar-refractivity contribution in [3.63, 3.8) is 0 Å². The summed E-state index contributed by atoms with van der Waals surface area (Å²) in [5, 5.41) is 13.3. The van der Waals surface area contributed by atoms with Crippen molar-refractivity contribution < 1.29 is 19.4 Å². The number of carboxylic acids is 1. The largest absolute Gasteiger partial charge is 0.482 e. The van der Waals surface area contributed by atoms with Crippen LogP contribution < -0.4 is 10.1 Å². The molecule has 6 heteroatoms. The average molecular weight is 305 g/mol. The van der Waals surface area contributed by atoms with Crippen molar-refractivity contribution in [2.24, 2.45) is 0 Å². The highest BCUT2D eigenvalue weighted by molar-refractivity contribution is 7.12. The van der Waals surface area contributed by atoms with Gasteiger partial charge in [0.25, 0.3) is 5.91 Å². The van der Waals surface area contributed by atoms with Crippen LogP contribution in [-0.2, 0) is 11.2 Å². The van der Waals surface area contributed by atoms with Crippen LogP contribution in [0.4, 0.5) is 5.69 Å². The van der Waals surface area contributed by atoms with Gasteiger partial charge in [-0.25, -0.2) is 4.79 Å². The standard InChI is InChI=1S/C15H15NO4S/c1-2-10-6-7-21-14(10)15(19)16-11-4-3-5-12(8-11)20-9-13(17)18/h3-8H,2,9H2,1H3,(H,16,19)(H,17,18). The molecule has 0 unspecified atom stereocenters. The van der Waals surface area contributed by atoms with Gasteiger partial charge in [-0.05, 0) is 35.6 Å². The summed E-state index contributed by atoms with van der Waals surface area (Å²) in [5.41, 5.74) is 1.58. The lowest BCUT2D eigenvalue weighted by Crippen LogP contribution is -2.12. The molecule has 0 fully saturated rings. The molecule has 2 N–H and O–H groups in total. The third-order valence-corrected chi connectivity index (χ3v) is 3.74. The minimum atomic E-state index is -1.05. The van der Waals surface area contributed by atoms with Gasteiger partial charge in [0.2, 0.25) is 0 Å². The molecule has 2 aromatic rings. The summed E-state index contributed by atoms with van der Waals surface area (Å²) in [7, 11) is 0. The van der Waals surface area contributed by atoms with E-state index in [-0.39, 0.29) is 5.91 Å². The number of carbonyl (C=O) groups excluding carboxylic acids is 1. The van der Waals surface area contributed by atoms with Crippen LogP contribution in [0.25, 0.3) is 0 Å². The predicted octanol–water partition coefficient (Wildman–Crippen LogP) is 3.03. The maximum atomic E-state index is 12.2. The number of thiophene rings is 1. The third kappa shape index (κ3) is 4.06. The lowest BCUT2D eigenvalue weighted by Gasteiger charge is -2.08. The highest BCUT2D eigenvalue weighted by Gasteiger charge is 2.12. The summed E-state index contributed by atoms with van der Waals surface area (Å²) in [4.78, 5) is 23.4. The fraction of sp³-hybridized carbons (Fsp3) is 0.200. The lowest BCUT2D eigenvalue weighted by atomic mass is 10.2. The van der Waals surface area contributed by atoms with Crippen molar-refractivity contribution in [1.82, 2.24) is 0 Å². The highest BCUT2D eigenvalue weighted by Crippen LogP contribution is 2.21. The number of aliphatic carboxylic acids is 1. The number of rotatable bonds is 6. The van der Waals surface area contributed by atoms with Crippen molar-refractivity contribution in [2.45, 2.75) is 13.3 Å². The van der Waals surface area contributed by atoms with Gasteiger partial charge < -0.3 is 15.2 Å². The molecule has 1 amide bonds. The maximum absolute atomic E-state index is 12.2. The van der Waals surface area contributed by atoms with Gasteiger partial charge in [-0.15, -0.1) is 11.3 Å². The Balaban J connectivity index is 2.07. The van der Waals surface area contributed by atoms with Gasteiger partial charge in [0, 0.05) is 11.8 Å². The van der Waals surface area contributed by atoms with Crippen LogP contribution >= 0.6 is 11.3 Å². The summed E-state index contributed by atoms with van der Waals surface area (Å²) < 4.78 is 5.08. The van der Waals surface area contributed by atoms with Gasteiger partial charge >= 0.3 is 5.97 Å². The number of amides is 1. The SMILES string of the molecule is CCc1ccsc1C(=O)Nc1cccc(OCC(=O)O)c1. The van der Waals surface area contributed by atoms with Crippen molar-refractivity contribution in [3.8, 4) is 5.75 Å². The first kappa shape index (κ1) is 15.1. The fourth-order valence-corrected chi connectivity index (χ4v) is 2.70. The van der Waals surface area contributed by atoms with Gasteiger partial charge in [-0.2, -0.15) is 0 Å². The second-order valence-corrected chi connectivity index (χ2v) is 5.21. The molecule has 0 bridgehead atoms. The first-order valence-electron chi connectivity index (χ1n) is 6.42. The Hall–Kier alpha value is -2.34. The molecule has 5 nitrogen and oxygen atoms in total. The molecule has 1 aromatic carbocycles. The van der Waals surface area contributed by atoms with Crippen LogP contribution in [0.2, 0.25) is 0 Å². The van der Waals surface area contributed by atoms with E-state index in [9.17, 15) is 9.59 Å². The Morgan fingerprint density at radius 3 is 2.86 bits per heavy atom. The van der Waals surface area contributed by atoms with E-state index in [1.165, 1.54) is 11.3 Å². The highest BCUT2D eigenvalue weighted by atomic mass is 32.1. The number of hydrogen-bond acceptors (Lipinski definition) is 4. The Morgan fingerprint density at radius 1 is 1.33 bits per heavy atom. The fourth-order valence-electron chi connectivity index (χ4n) is 1.81. The van der Waals surface area contributed by atoms with E-state index in [1.54, 1.807) is 24.3 Å². The van der Waals surface area contributed by atoms with Crippen molar-refractivity contribution in [1.29, 1.82) is 0 Å². The molecule has 1 heterocycles. The van der Waals surface area contributed by atoms with Crippen LogP contribution in [0.3, 0.4) is 0 Å². The van der Waals surface area contributed by atoms with Crippen LogP contribution in [0.5, 0.6) is 5.75 Å². The molecule has 2 rings (SSSR count). The molecule has 0 aliphatic heterocycles. The van der Waals surface area contributed by atoms with Crippen LogP contribution in [0.1, 0.15) is 22.2 Å². The van der Waals surface area contributed by atoms with Gasteiger partial charge in [-0.3, -0.25) is 4.79 Å². The molecule has 0 aliphatic rings. The molecule has 0 radical (unpaired) electrons. The summed E-state index contributed by atoms with van der Waals surface area (Å²) in [5.74, 6) is -0.815. The van der Waals surface area contributed by atoms with Crippen molar-refractivity contribution in [2.75, 3.05) is 11.9 Å². The first-order valence-corrected chi connectivity index (χ1v) is 7.30. The van der Waals surface area contributed by atoms with Crippen LogP contribution in [0.15, 0.2) is 35.7 Å². The summed E-state index contributed by atoms with van der Waals surface area (Å²) in [6.45, 7) is 1.58. The molecule has 0 atom stereocenters. The van der Waals surface area contributed by atoms with Crippen LogP contribution in [-0.4, -0.2) is 23.6 Å². The second kappa shape index (κ2) is 6.90. The van der Waals surface area contributed by atoms with E-state index in [1.807, 2.05) is 18.4 Å². The minimum Gasteiger partial charge on any atom is -0.482 e. The molecule has 0 spiro atoms. The zero-order valence-electron chi connectivity index (χ0n) is 11.5. The Labute approximate surface area is 126 Å². The van der Waals surface area contributed by atoms with Gasteiger partial charge in [0.05, 0.1) is 4.88 Å². The number of nitrogens with one attached hydrogen (secondary N) is 1. The number of aryl methyl sites for hydroxylation is 1. The molecule has 0 saturated carbocycles. The molecule has 0 aliphatic carbocycles. The third-order valence-electron chi connectivity index (χ3n) is 2.79. The average Bonchev–Trinajstić information content (AvgIpc) is 2.94. The Morgan fingerprint density at radius 2 is 2.14 bits per heavy atom. The predicted molar refractivity (Wildman–Crippen MR) is 81.2 cm³/mol. The molecular formula is C15H15NO4S. The zero-order valence-corrected chi connectivity index (χ0v) is 12.3. The number of carboxylic acid groups (broad SMARTS) is 1. The number of carbonyl (C=O) groups is 2. The van der Waals surface area contributed by atoms with E-state index in [0.717, 1.165) is 12.0 Å². The van der Waals surface area contributed by atoms with E-state index >= 15 is 0 Å². The smallest absolute Gasteiger partial charge is 0.341 e. The Kier molecular flexibility index (Phi) is 4.94. The molecular weight excluding hydrogens is 290 g/mol.